The van der Waals surface area contributed by atoms with Crippen LogP contribution in [0.4, 0.5) is 0 Å². The molecule has 1 aromatic rings. The minimum absolute atomic E-state index is 0.0523. The molecule has 15 heavy (non-hydrogen) atoms. The molecule has 1 aliphatic rings. The predicted molar refractivity (Wildman–Crippen MR) is 60.4 cm³/mol. The normalized spacial score (nSPS) is 24.3. The minimum Gasteiger partial charge on any atom is -0.392 e. The van der Waals surface area contributed by atoms with E-state index in [1.165, 1.54) is 5.56 Å². The Kier molecular flexibility index (Phi) is 3.36. The summed E-state index contributed by atoms with van der Waals surface area (Å²) in [6.45, 7) is 2.56. The van der Waals surface area contributed by atoms with Crippen LogP contribution in [0.5, 0.6) is 0 Å². The van der Waals surface area contributed by atoms with Crippen LogP contribution < -0.4 is 5.73 Å². The van der Waals surface area contributed by atoms with Crippen molar-refractivity contribution in [1.29, 1.82) is 0 Å². The van der Waals surface area contributed by atoms with Crippen molar-refractivity contribution < 1.29 is 5.11 Å². The molecule has 1 aromatic carbocycles. The quantitative estimate of drug-likeness (QED) is 0.767. The van der Waals surface area contributed by atoms with Crippen LogP contribution in [0.2, 0.25) is 0 Å². The van der Waals surface area contributed by atoms with Crippen LogP contribution in [0.3, 0.4) is 0 Å². The van der Waals surface area contributed by atoms with E-state index in [4.69, 9.17) is 5.73 Å². The lowest BCUT2D eigenvalue weighted by molar-refractivity contribution is 0.174. The Labute approximate surface area is 90.5 Å². The topological polar surface area (TPSA) is 49.5 Å². The zero-order valence-electron chi connectivity index (χ0n) is 8.84. The summed E-state index contributed by atoms with van der Waals surface area (Å²) in [7, 11) is 0. The van der Waals surface area contributed by atoms with E-state index in [9.17, 15) is 5.11 Å². The molecule has 82 valence electrons. The Morgan fingerprint density at radius 3 is 2.73 bits per heavy atom. The maximum Gasteiger partial charge on any atom is 0.0679 e. The van der Waals surface area contributed by atoms with Crippen molar-refractivity contribution in [2.24, 2.45) is 5.73 Å². The second-order valence-electron chi connectivity index (χ2n) is 4.22. The largest absolute Gasteiger partial charge is 0.392 e. The first-order chi connectivity index (χ1) is 7.25. The first-order valence-corrected chi connectivity index (χ1v) is 5.46. The molecule has 2 atom stereocenters. The fourth-order valence-corrected chi connectivity index (χ4v) is 2.06. The Morgan fingerprint density at radius 2 is 2.13 bits per heavy atom. The summed E-state index contributed by atoms with van der Waals surface area (Å²) in [5, 5.41) is 9.40. The van der Waals surface area contributed by atoms with Gasteiger partial charge in [0.05, 0.1) is 6.10 Å². The highest BCUT2D eigenvalue weighted by atomic mass is 16.3. The Morgan fingerprint density at radius 1 is 1.40 bits per heavy atom. The summed E-state index contributed by atoms with van der Waals surface area (Å²) in [4.78, 5) is 2.22. The van der Waals surface area contributed by atoms with E-state index in [-0.39, 0.29) is 12.1 Å². The SMILES string of the molecule is NC(CN1CC[C@H](O)C1)c1ccccc1. The van der Waals surface area contributed by atoms with Crippen molar-refractivity contribution in [2.75, 3.05) is 19.6 Å². The van der Waals surface area contributed by atoms with Crippen molar-refractivity contribution >= 4 is 0 Å². The lowest BCUT2D eigenvalue weighted by Gasteiger charge is -2.20. The van der Waals surface area contributed by atoms with Gasteiger partial charge in [-0.15, -0.1) is 0 Å². The third-order valence-corrected chi connectivity index (χ3v) is 2.93. The second-order valence-corrected chi connectivity index (χ2v) is 4.22. The number of nitrogens with zero attached hydrogens (tertiary/aromatic N) is 1. The fourth-order valence-electron chi connectivity index (χ4n) is 2.06. The third kappa shape index (κ3) is 2.78. The van der Waals surface area contributed by atoms with Gasteiger partial charge in [-0.05, 0) is 12.0 Å². The number of benzene rings is 1. The fraction of sp³-hybridized carbons (Fsp3) is 0.500. The number of aliphatic hydroxyl groups is 1. The summed E-state index contributed by atoms with van der Waals surface area (Å²) in [5.74, 6) is 0. The van der Waals surface area contributed by atoms with Gasteiger partial charge in [0.2, 0.25) is 0 Å². The van der Waals surface area contributed by atoms with E-state index >= 15 is 0 Å². The van der Waals surface area contributed by atoms with E-state index in [0.29, 0.717) is 0 Å². The van der Waals surface area contributed by atoms with Crippen LogP contribution in [0.1, 0.15) is 18.0 Å². The van der Waals surface area contributed by atoms with Crippen molar-refractivity contribution in [2.45, 2.75) is 18.6 Å². The zero-order chi connectivity index (χ0) is 10.7. The lowest BCUT2D eigenvalue weighted by atomic mass is 10.1. The van der Waals surface area contributed by atoms with Gasteiger partial charge in [-0.3, -0.25) is 4.90 Å². The highest BCUT2D eigenvalue weighted by Gasteiger charge is 2.21. The first-order valence-electron chi connectivity index (χ1n) is 5.46. The van der Waals surface area contributed by atoms with E-state index < -0.39 is 0 Å². The average Bonchev–Trinajstić information content (AvgIpc) is 2.65. The summed E-state index contributed by atoms with van der Waals surface area (Å²) in [6.07, 6.45) is 0.717. The highest BCUT2D eigenvalue weighted by molar-refractivity contribution is 5.18. The summed E-state index contributed by atoms with van der Waals surface area (Å²) in [6, 6.07) is 10.2. The van der Waals surface area contributed by atoms with Gasteiger partial charge in [0, 0.05) is 25.7 Å². The molecule has 0 spiro atoms. The van der Waals surface area contributed by atoms with E-state index in [0.717, 1.165) is 26.1 Å². The number of hydrogen-bond acceptors (Lipinski definition) is 3. The van der Waals surface area contributed by atoms with Crippen LogP contribution in [0.15, 0.2) is 30.3 Å². The molecule has 3 nitrogen and oxygen atoms in total. The molecule has 0 bridgehead atoms. The van der Waals surface area contributed by atoms with Crippen molar-refractivity contribution in [1.82, 2.24) is 4.90 Å². The molecule has 1 fully saturated rings. The molecular weight excluding hydrogens is 188 g/mol. The summed E-state index contributed by atoms with van der Waals surface area (Å²) >= 11 is 0. The van der Waals surface area contributed by atoms with Gasteiger partial charge in [0.25, 0.3) is 0 Å². The van der Waals surface area contributed by atoms with Gasteiger partial charge in [0.15, 0.2) is 0 Å². The van der Waals surface area contributed by atoms with Gasteiger partial charge in [0.1, 0.15) is 0 Å². The molecule has 1 heterocycles. The second kappa shape index (κ2) is 4.75. The number of hydrogen-bond donors (Lipinski definition) is 2. The molecule has 0 saturated carbocycles. The van der Waals surface area contributed by atoms with E-state index in [1.54, 1.807) is 0 Å². The maximum atomic E-state index is 9.40. The number of nitrogens with two attached hydrogens (primary N) is 1. The van der Waals surface area contributed by atoms with Crippen LogP contribution in [0, 0.1) is 0 Å². The summed E-state index contributed by atoms with van der Waals surface area (Å²) < 4.78 is 0. The Balaban J connectivity index is 1.90. The molecule has 0 radical (unpaired) electrons. The minimum atomic E-state index is -0.159. The molecule has 1 unspecified atom stereocenters. The van der Waals surface area contributed by atoms with Crippen LogP contribution in [-0.2, 0) is 0 Å². The van der Waals surface area contributed by atoms with Gasteiger partial charge in [-0.2, -0.15) is 0 Å². The Hall–Kier alpha value is -0.900. The lowest BCUT2D eigenvalue weighted by Crippen LogP contribution is -2.31. The Bertz CT molecular complexity index is 302. The molecule has 2 rings (SSSR count). The molecular formula is C12H18N2O. The van der Waals surface area contributed by atoms with Gasteiger partial charge in [-0.25, -0.2) is 0 Å². The molecule has 1 aliphatic heterocycles. The molecule has 3 N–H and O–H groups in total. The molecule has 0 aromatic heterocycles. The van der Waals surface area contributed by atoms with E-state index in [2.05, 4.69) is 17.0 Å². The molecule has 0 amide bonds. The summed E-state index contributed by atoms with van der Waals surface area (Å²) in [5.41, 5.74) is 7.26. The molecule has 0 aliphatic carbocycles. The van der Waals surface area contributed by atoms with Crippen LogP contribution in [0.25, 0.3) is 0 Å². The first kappa shape index (κ1) is 10.6. The van der Waals surface area contributed by atoms with Gasteiger partial charge in [-0.1, -0.05) is 30.3 Å². The van der Waals surface area contributed by atoms with Crippen molar-refractivity contribution in [3.8, 4) is 0 Å². The standard InChI is InChI=1S/C12H18N2O/c13-12(10-4-2-1-3-5-10)9-14-7-6-11(15)8-14/h1-5,11-12,15H,6-9,13H2/t11-,12?/m0/s1. The highest BCUT2D eigenvalue weighted by Crippen LogP contribution is 2.15. The zero-order valence-corrected chi connectivity index (χ0v) is 8.84. The number of β-amino-alcohol motifs (C(OH)–C–C–N with tert-alkyl or cyclic N) is 1. The van der Waals surface area contributed by atoms with Crippen LogP contribution in [-0.4, -0.2) is 35.7 Å². The third-order valence-electron chi connectivity index (χ3n) is 2.93. The predicted octanol–water partition coefficient (Wildman–Crippen LogP) is 0.753. The van der Waals surface area contributed by atoms with E-state index in [1.807, 2.05) is 18.2 Å². The maximum absolute atomic E-state index is 9.40. The van der Waals surface area contributed by atoms with Crippen molar-refractivity contribution in [3.63, 3.8) is 0 Å². The number of rotatable bonds is 3. The van der Waals surface area contributed by atoms with Gasteiger partial charge < -0.3 is 10.8 Å². The number of aliphatic hydroxyl groups excluding tert-OH is 1. The monoisotopic (exact) mass is 206 g/mol. The van der Waals surface area contributed by atoms with Gasteiger partial charge >= 0.3 is 0 Å². The molecule has 1 saturated heterocycles. The van der Waals surface area contributed by atoms with Crippen molar-refractivity contribution in [3.05, 3.63) is 35.9 Å². The molecule has 3 heteroatoms. The smallest absolute Gasteiger partial charge is 0.0679 e. The number of likely N-dealkylation sites (tertiary alicyclic amines) is 1. The van der Waals surface area contributed by atoms with Crippen LogP contribution >= 0.6 is 0 Å². The average molecular weight is 206 g/mol.